The Morgan fingerprint density at radius 1 is 1.41 bits per heavy atom. The van der Waals surface area contributed by atoms with E-state index in [1.165, 1.54) is 0 Å². The van der Waals surface area contributed by atoms with E-state index in [-0.39, 0.29) is 0 Å². The monoisotopic (exact) mass is 298 g/mol. The van der Waals surface area contributed by atoms with Gasteiger partial charge in [0.25, 0.3) is 0 Å². The van der Waals surface area contributed by atoms with Gasteiger partial charge in [0.15, 0.2) is 0 Å². The third-order valence-corrected chi connectivity index (χ3v) is 3.91. The molecule has 1 aromatic carbocycles. The van der Waals surface area contributed by atoms with Crippen LogP contribution in [0.4, 0.5) is 11.4 Å². The van der Waals surface area contributed by atoms with Gasteiger partial charge >= 0.3 is 0 Å². The van der Waals surface area contributed by atoms with Crippen LogP contribution in [0.5, 0.6) is 0 Å². The molecule has 3 nitrogen and oxygen atoms in total. The molecule has 0 atom stereocenters. The van der Waals surface area contributed by atoms with Crippen LogP contribution in [-0.4, -0.2) is 19.8 Å². The van der Waals surface area contributed by atoms with Gasteiger partial charge in [0.05, 0.1) is 11.4 Å². The second-order valence-corrected chi connectivity index (χ2v) is 5.92. The molecule has 0 spiro atoms. The third kappa shape index (κ3) is 3.36. The number of halogens is 1. The molecule has 1 fully saturated rings. The number of ether oxygens (including phenoxy) is 1. The van der Waals surface area contributed by atoms with Crippen LogP contribution in [0.15, 0.2) is 22.7 Å². The van der Waals surface area contributed by atoms with Crippen LogP contribution in [0.25, 0.3) is 0 Å². The zero-order chi connectivity index (χ0) is 12.3. The molecule has 2 rings (SSSR count). The molecule has 0 unspecified atom stereocenters. The quantitative estimate of drug-likeness (QED) is 0.842. The molecule has 0 amide bonds. The average Bonchev–Trinajstić information content (AvgIpc) is 2.31. The van der Waals surface area contributed by atoms with Gasteiger partial charge in [0.2, 0.25) is 0 Å². The molecular formula is C13H19BrN2O. The fourth-order valence-electron chi connectivity index (χ4n) is 2.03. The number of hydrogen-bond acceptors (Lipinski definition) is 3. The highest BCUT2D eigenvalue weighted by atomic mass is 79.9. The number of hydrogen-bond donors (Lipinski definition) is 2. The Morgan fingerprint density at radius 3 is 2.82 bits per heavy atom. The van der Waals surface area contributed by atoms with Crippen molar-refractivity contribution in [2.75, 3.05) is 30.8 Å². The van der Waals surface area contributed by atoms with Gasteiger partial charge in [-0.05, 0) is 36.5 Å². The van der Waals surface area contributed by atoms with Crippen LogP contribution < -0.4 is 11.1 Å². The normalized spacial score (nSPS) is 18.9. The largest absolute Gasteiger partial charge is 0.397 e. The van der Waals surface area contributed by atoms with Gasteiger partial charge in [-0.2, -0.15) is 0 Å². The molecule has 0 radical (unpaired) electrons. The van der Waals surface area contributed by atoms with E-state index in [2.05, 4.69) is 28.2 Å². The van der Waals surface area contributed by atoms with Crippen molar-refractivity contribution in [1.29, 1.82) is 0 Å². The molecule has 94 valence electrons. The lowest BCUT2D eigenvalue weighted by atomic mass is 9.82. The van der Waals surface area contributed by atoms with Crippen LogP contribution >= 0.6 is 15.9 Å². The summed E-state index contributed by atoms with van der Waals surface area (Å²) in [6.07, 6.45) is 2.21. The van der Waals surface area contributed by atoms with E-state index in [0.717, 1.165) is 48.4 Å². The van der Waals surface area contributed by atoms with Crippen molar-refractivity contribution >= 4 is 27.3 Å². The Morgan fingerprint density at radius 2 is 2.12 bits per heavy atom. The maximum atomic E-state index is 5.94. The highest BCUT2D eigenvalue weighted by Crippen LogP contribution is 2.31. The molecule has 17 heavy (non-hydrogen) atoms. The second kappa shape index (κ2) is 5.27. The van der Waals surface area contributed by atoms with Crippen molar-refractivity contribution in [2.45, 2.75) is 19.8 Å². The third-order valence-electron chi connectivity index (χ3n) is 3.42. The Labute approximate surface area is 111 Å². The number of nitrogens with two attached hydrogens (primary N) is 1. The SMILES string of the molecule is CC1(CNc2cc(Br)ccc2N)CCOCC1. The summed E-state index contributed by atoms with van der Waals surface area (Å²) in [7, 11) is 0. The van der Waals surface area contributed by atoms with Gasteiger partial charge in [-0.3, -0.25) is 0 Å². The molecular weight excluding hydrogens is 280 g/mol. The minimum atomic E-state index is 0.313. The number of anilines is 2. The Bertz CT molecular complexity index is 389. The first-order chi connectivity index (χ1) is 8.09. The molecule has 4 heteroatoms. The lowest BCUT2D eigenvalue weighted by molar-refractivity contribution is 0.0300. The first-order valence-corrected chi connectivity index (χ1v) is 6.75. The summed E-state index contributed by atoms with van der Waals surface area (Å²) in [5.74, 6) is 0. The van der Waals surface area contributed by atoms with Crippen molar-refractivity contribution in [1.82, 2.24) is 0 Å². The lowest BCUT2D eigenvalue weighted by Crippen LogP contribution is -2.33. The van der Waals surface area contributed by atoms with E-state index in [4.69, 9.17) is 10.5 Å². The highest BCUT2D eigenvalue weighted by Gasteiger charge is 2.27. The molecule has 1 aliphatic rings. The van der Waals surface area contributed by atoms with E-state index in [9.17, 15) is 0 Å². The molecule has 0 aromatic heterocycles. The summed E-state index contributed by atoms with van der Waals surface area (Å²) in [6.45, 7) is 4.98. The number of benzene rings is 1. The van der Waals surface area contributed by atoms with Gasteiger partial charge < -0.3 is 15.8 Å². The summed E-state index contributed by atoms with van der Waals surface area (Å²) >= 11 is 3.46. The maximum Gasteiger partial charge on any atom is 0.0585 e. The zero-order valence-electron chi connectivity index (χ0n) is 10.1. The molecule has 0 saturated carbocycles. The van der Waals surface area contributed by atoms with Crippen LogP contribution in [-0.2, 0) is 4.74 Å². The van der Waals surface area contributed by atoms with E-state index in [0.29, 0.717) is 5.41 Å². The Kier molecular flexibility index (Phi) is 3.94. The molecule has 1 aliphatic heterocycles. The highest BCUT2D eigenvalue weighted by molar-refractivity contribution is 9.10. The number of nitrogen functional groups attached to an aromatic ring is 1. The summed E-state index contributed by atoms with van der Waals surface area (Å²) in [5.41, 5.74) is 8.05. The average molecular weight is 299 g/mol. The molecule has 1 aromatic rings. The maximum absolute atomic E-state index is 5.94. The minimum Gasteiger partial charge on any atom is -0.397 e. The van der Waals surface area contributed by atoms with Crippen LogP contribution in [0.1, 0.15) is 19.8 Å². The summed E-state index contributed by atoms with van der Waals surface area (Å²) in [5, 5.41) is 3.45. The van der Waals surface area contributed by atoms with E-state index < -0.39 is 0 Å². The Hall–Kier alpha value is -0.740. The summed E-state index contributed by atoms with van der Waals surface area (Å²) in [6, 6.07) is 5.90. The predicted octanol–water partition coefficient (Wildman–Crippen LogP) is 3.26. The lowest BCUT2D eigenvalue weighted by Gasteiger charge is -2.34. The zero-order valence-corrected chi connectivity index (χ0v) is 11.7. The topological polar surface area (TPSA) is 47.3 Å². The summed E-state index contributed by atoms with van der Waals surface area (Å²) in [4.78, 5) is 0. The van der Waals surface area contributed by atoms with Crippen molar-refractivity contribution in [3.05, 3.63) is 22.7 Å². The van der Waals surface area contributed by atoms with Crippen LogP contribution in [0.3, 0.4) is 0 Å². The van der Waals surface area contributed by atoms with Crippen LogP contribution in [0, 0.1) is 5.41 Å². The molecule has 0 bridgehead atoms. The van der Waals surface area contributed by atoms with Gasteiger partial charge in [-0.25, -0.2) is 0 Å². The molecule has 1 saturated heterocycles. The van der Waals surface area contributed by atoms with Gasteiger partial charge in [0.1, 0.15) is 0 Å². The van der Waals surface area contributed by atoms with Crippen molar-refractivity contribution in [2.24, 2.45) is 5.41 Å². The van der Waals surface area contributed by atoms with Crippen molar-refractivity contribution < 1.29 is 4.74 Å². The molecule has 0 aliphatic carbocycles. The minimum absolute atomic E-state index is 0.313. The first kappa shape index (κ1) is 12.7. The van der Waals surface area contributed by atoms with Crippen molar-refractivity contribution in [3.63, 3.8) is 0 Å². The van der Waals surface area contributed by atoms with E-state index in [1.807, 2.05) is 18.2 Å². The van der Waals surface area contributed by atoms with Crippen molar-refractivity contribution in [3.8, 4) is 0 Å². The number of rotatable bonds is 3. The smallest absolute Gasteiger partial charge is 0.0585 e. The van der Waals surface area contributed by atoms with E-state index >= 15 is 0 Å². The van der Waals surface area contributed by atoms with Gasteiger partial charge in [0, 0.05) is 24.2 Å². The first-order valence-electron chi connectivity index (χ1n) is 5.96. The summed E-state index contributed by atoms with van der Waals surface area (Å²) < 4.78 is 6.45. The predicted molar refractivity (Wildman–Crippen MR) is 75.2 cm³/mol. The molecule has 1 heterocycles. The van der Waals surface area contributed by atoms with E-state index in [1.54, 1.807) is 0 Å². The van der Waals surface area contributed by atoms with Crippen LogP contribution in [0.2, 0.25) is 0 Å². The fourth-order valence-corrected chi connectivity index (χ4v) is 2.39. The fraction of sp³-hybridized carbons (Fsp3) is 0.538. The second-order valence-electron chi connectivity index (χ2n) is 5.01. The standard InChI is InChI=1S/C13H19BrN2O/c1-13(4-6-17-7-5-13)9-16-12-8-10(14)2-3-11(12)15/h2-3,8,16H,4-7,9,15H2,1H3. The molecule has 3 N–H and O–H groups in total. The van der Waals surface area contributed by atoms with Gasteiger partial charge in [-0.1, -0.05) is 22.9 Å². The number of nitrogens with one attached hydrogen (secondary N) is 1. The Balaban J connectivity index is 1.99. The van der Waals surface area contributed by atoms with Gasteiger partial charge in [-0.15, -0.1) is 0 Å².